The van der Waals surface area contributed by atoms with Crippen LogP contribution in [-0.2, 0) is 9.59 Å². The first kappa shape index (κ1) is 15.3. The Morgan fingerprint density at radius 3 is 2.57 bits per heavy atom. The van der Waals surface area contributed by atoms with Gasteiger partial charge in [0.1, 0.15) is 11.3 Å². The van der Waals surface area contributed by atoms with Crippen molar-refractivity contribution >= 4 is 11.9 Å². The number of carbonyl (C=O) groups is 2. The van der Waals surface area contributed by atoms with Gasteiger partial charge in [0, 0.05) is 6.07 Å². The quantitative estimate of drug-likeness (QED) is 0.801. The third-order valence-corrected chi connectivity index (χ3v) is 3.70. The number of aromatic nitrogens is 1. The summed E-state index contributed by atoms with van der Waals surface area (Å²) in [6.07, 6.45) is 4.51. The number of rotatable bonds is 5. The molecule has 1 saturated carbocycles. The Morgan fingerprint density at radius 1 is 1.38 bits per heavy atom. The van der Waals surface area contributed by atoms with Gasteiger partial charge in [-0.1, -0.05) is 25.7 Å². The standard InChI is InChI=1S/C14H20N2O5/c1-10-8-12(16-21-10)20-9-11(17)15-14(13(18)19)6-4-2-3-5-7-14/h8H,2-7,9H2,1H3,(H,15,17)(H,18,19). The SMILES string of the molecule is Cc1cc(OCC(=O)NC2(C(=O)O)CCCCCC2)no1. The van der Waals surface area contributed by atoms with E-state index in [1.807, 2.05) is 0 Å². The van der Waals surface area contributed by atoms with E-state index in [9.17, 15) is 14.7 Å². The van der Waals surface area contributed by atoms with Crippen LogP contribution in [0.15, 0.2) is 10.6 Å². The summed E-state index contributed by atoms with van der Waals surface area (Å²) in [6.45, 7) is 1.44. The number of nitrogens with zero attached hydrogens (tertiary/aromatic N) is 1. The first-order chi connectivity index (χ1) is 10.0. The van der Waals surface area contributed by atoms with Crippen molar-refractivity contribution in [3.63, 3.8) is 0 Å². The number of aryl methyl sites for hydroxylation is 1. The van der Waals surface area contributed by atoms with Gasteiger partial charge in [-0.15, -0.1) is 0 Å². The third-order valence-electron chi connectivity index (χ3n) is 3.70. The lowest BCUT2D eigenvalue weighted by atomic mass is 9.90. The minimum Gasteiger partial charge on any atom is -0.480 e. The normalized spacial score (nSPS) is 17.8. The highest BCUT2D eigenvalue weighted by molar-refractivity contribution is 5.87. The summed E-state index contributed by atoms with van der Waals surface area (Å²) in [5.74, 6) is -0.640. The molecule has 0 aromatic carbocycles. The van der Waals surface area contributed by atoms with Crippen molar-refractivity contribution in [1.82, 2.24) is 10.5 Å². The number of aliphatic carboxylic acids is 1. The monoisotopic (exact) mass is 296 g/mol. The van der Waals surface area contributed by atoms with E-state index in [0.717, 1.165) is 25.7 Å². The molecule has 0 bridgehead atoms. The predicted molar refractivity (Wildman–Crippen MR) is 72.9 cm³/mol. The largest absolute Gasteiger partial charge is 0.480 e. The summed E-state index contributed by atoms with van der Waals surface area (Å²) in [5, 5.41) is 15.7. The smallest absolute Gasteiger partial charge is 0.329 e. The highest BCUT2D eigenvalue weighted by Crippen LogP contribution is 2.27. The topological polar surface area (TPSA) is 102 Å². The van der Waals surface area contributed by atoms with E-state index in [4.69, 9.17) is 9.26 Å². The molecule has 1 aliphatic rings. The van der Waals surface area contributed by atoms with E-state index in [1.54, 1.807) is 13.0 Å². The molecule has 0 atom stereocenters. The van der Waals surface area contributed by atoms with Crippen LogP contribution in [0.25, 0.3) is 0 Å². The van der Waals surface area contributed by atoms with Gasteiger partial charge in [0.25, 0.3) is 11.8 Å². The highest BCUT2D eigenvalue weighted by atomic mass is 16.5. The van der Waals surface area contributed by atoms with E-state index in [1.165, 1.54) is 0 Å². The Balaban J connectivity index is 1.93. The van der Waals surface area contributed by atoms with Crippen LogP contribution in [0.2, 0.25) is 0 Å². The number of hydrogen-bond donors (Lipinski definition) is 2. The van der Waals surface area contributed by atoms with Gasteiger partial charge in [0.05, 0.1) is 0 Å². The Bertz CT molecular complexity index is 503. The van der Waals surface area contributed by atoms with Gasteiger partial charge in [-0.3, -0.25) is 4.79 Å². The average Bonchev–Trinajstić information content (AvgIpc) is 2.71. The molecule has 0 radical (unpaired) electrons. The summed E-state index contributed by atoms with van der Waals surface area (Å²) < 4.78 is 10.00. The van der Waals surface area contributed by atoms with Crippen molar-refractivity contribution in [2.45, 2.75) is 51.0 Å². The molecule has 1 fully saturated rings. The summed E-state index contributed by atoms with van der Waals surface area (Å²) in [5.41, 5.74) is -1.17. The lowest BCUT2D eigenvalue weighted by molar-refractivity contribution is -0.148. The molecule has 1 aromatic heterocycles. The van der Waals surface area contributed by atoms with Crippen LogP contribution in [-0.4, -0.2) is 34.3 Å². The van der Waals surface area contributed by atoms with Gasteiger partial charge < -0.3 is 19.7 Å². The van der Waals surface area contributed by atoms with Crippen molar-refractivity contribution in [3.8, 4) is 5.88 Å². The van der Waals surface area contributed by atoms with Crippen molar-refractivity contribution in [2.24, 2.45) is 0 Å². The van der Waals surface area contributed by atoms with Crippen LogP contribution >= 0.6 is 0 Å². The molecule has 1 amide bonds. The van der Waals surface area contributed by atoms with Crippen LogP contribution < -0.4 is 10.1 Å². The second-order valence-corrected chi connectivity index (χ2v) is 5.41. The van der Waals surface area contributed by atoms with E-state index >= 15 is 0 Å². The number of hydrogen-bond acceptors (Lipinski definition) is 5. The summed E-state index contributed by atoms with van der Waals surface area (Å²) in [4.78, 5) is 23.5. The van der Waals surface area contributed by atoms with Crippen LogP contribution in [0.4, 0.5) is 0 Å². The fraction of sp³-hybridized carbons (Fsp3) is 0.643. The van der Waals surface area contributed by atoms with Crippen LogP contribution in [0.1, 0.15) is 44.3 Å². The molecule has 7 nitrogen and oxygen atoms in total. The molecule has 21 heavy (non-hydrogen) atoms. The van der Waals surface area contributed by atoms with Crippen LogP contribution in [0.3, 0.4) is 0 Å². The summed E-state index contributed by atoms with van der Waals surface area (Å²) in [6, 6.07) is 1.56. The molecule has 116 valence electrons. The molecule has 0 unspecified atom stereocenters. The minimum atomic E-state index is -1.17. The second-order valence-electron chi connectivity index (χ2n) is 5.41. The third kappa shape index (κ3) is 3.96. The maximum Gasteiger partial charge on any atom is 0.329 e. The van der Waals surface area contributed by atoms with E-state index in [-0.39, 0.29) is 12.5 Å². The lowest BCUT2D eigenvalue weighted by Gasteiger charge is -2.29. The fourth-order valence-electron chi connectivity index (χ4n) is 2.58. The van der Waals surface area contributed by atoms with Gasteiger partial charge in [0.15, 0.2) is 6.61 Å². The molecule has 1 heterocycles. The van der Waals surface area contributed by atoms with Crippen molar-refractivity contribution < 1.29 is 24.0 Å². The van der Waals surface area contributed by atoms with Crippen molar-refractivity contribution in [2.75, 3.05) is 6.61 Å². The number of carboxylic acids is 1. The Morgan fingerprint density at radius 2 is 2.05 bits per heavy atom. The van der Waals surface area contributed by atoms with Gasteiger partial charge in [-0.25, -0.2) is 4.79 Å². The van der Waals surface area contributed by atoms with Crippen LogP contribution in [0.5, 0.6) is 5.88 Å². The number of carbonyl (C=O) groups excluding carboxylic acids is 1. The van der Waals surface area contributed by atoms with Gasteiger partial charge >= 0.3 is 5.97 Å². The summed E-state index contributed by atoms with van der Waals surface area (Å²) in [7, 11) is 0. The van der Waals surface area contributed by atoms with E-state index in [0.29, 0.717) is 18.6 Å². The Kier molecular flexibility index (Phi) is 4.82. The molecular weight excluding hydrogens is 276 g/mol. The van der Waals surface area contributed by atoms with Gasteiger partial charge in [-0.2, -0.15) is 0 Å². The molecule has 7 heteroatoms. The Labute approximate surface area is 122 Å². The minimum absolute atomic E-state index is 0.216. The zero-order valence-corrected chi connectivity index (χ0v) is 12.1. The van der Waals surface area contributed by atoms with Gasteiger partial charge in [0.2, 0.25) is 0 Å². The molecule has 0 saturated heterocycles. The van der Waals surface area contributed by atoms with E-state index in [2.05, 4.69) is 10.5 Å². The Hall–Kier alpha value is -2.05. The molecule has 1 aromatic rings. The first-order valence-electron chi connectivity index (χ1n) is 7.12. The molecule has 2 rings (SSSR count). The number of amides is 1. The lowest BCUT2D eigenvalue weighted by Crippen LogP contribution is -2.55. The first-order valence-corrected chi connectivity index (χ1v) is 7.12. The molecule has 1 aliphatic carbocycles. The highest BCUT2D eigenvalue weighted by Gasteiger charge is 2.40. The molecule has 0 aliphatic heterocycles. The van der Waals surface area contributed by atoms with Gasteiger partial charge in [-0.05, 0) is 24.9 Å². The zero-order chi connectivity index (χ0) is 15.3. The second kappa shape index (κ2) is 6.60. The van der Waals surface area contributed by atoms with Crippen LogP contribution in [0, 0.1) is 6.92 Å². The molecule has 0 spiro atoms. The van der Waals surface area contributed by atoms with Crippen molar-refractivity contribution in [3.05, 3.63) is 11.8 Å². The maximum atomic E-state index is 12.0. The van der Waals surface area contributed by atoms with Crippen molar-refractivity contribution in [1.29, 1.82) is 0 Å². The number of carboxylic acid groups (broad SMARTS) is 1. The zero-order valence-electron chi connectivity index (χ0n) is 12.1. The molecule has 2 N–H and O–H groups in total. The maximum absolute atomic E-state index is 12.0. The summed E-state index contributed by atoms with van der Waals surface area (Å²) >= 11 is 0. The predicted octanol–water partition coefficient (Wildman–Crippen LogP) is 1.66. The molecular formula is C14H20N2O5. The van der Waals surface area contributed by atoms with E-state index < -0.39 is 17.4 Å². The fourth-order valence-corrected chi connectivity index (χ4v) is 2.58. The number of ether oxygens (including phenoxy) is 1. The average molecular weight is 296 g/mol. The number of nitrogens with one attached hydrogen (secondary N) is 1.